The van der Waals surface area contributed by atoms with Crippen molar-refractivity contribution in [1.82, 2.24) is 0 Å². The molecule has 0 amide bonds. The van der Waals surface area contributed by atoms with Crippen molar-refractivity contribution < 1.29 is 18.3 Å². The lowest BCUT2D eigenvalue weighted by Gasteiger charge is -2.08. The zero-order valence-corrected chi connectivity index (χ0v) is 14.1. The summed E-state index contributed by atoms with van der Waals surface area (Å²) in [5.41, 5.74) is 2.08. The average molecular weight is 334 g/mol. The Balaban J connectivity index is 1.81. The van der Waals surface area contributed by atoms with Crippen LogP contribution in [0.2, 0.25) is 0 Å². The molecular formula is C18H22O4S. The predicted molar refractivity (Wildman–Crippen MR) is 90.6 cm³/mol. The summed E-state index contributed by atoms with van der Waals surface area (Å²) in [6, 6.07) is 14.4. The molecule has 2 aromatic carbocycles. The van der Waals surface area contributed by atoms with Gasteiger partial charge in [-0.25, -0.2) is 8.42 Å². The first-order valence-corrected chi connectivity index (χ1v) is 9.28. The number of aliphatic hydroxyl groups is 1. The second-order valence-corrected chi connectivity index (χ2v) is 7.56. The Labute approximate surface area is 137 Å². The van der Waals surface area contributed by atoms with Crippen molar-refractivity contribution >= 4 is 9.84 Å². The third-order valence-corrected chi connectivity index (χ3v) is 5.35. The Morgan fingerprint density at radius 3 is 2.26 bits per heavy atom. The second-order valence-electron chi connectivity index (χ2n) is 5.45. The first-order chi connectivity index (χ1) is 11.0. The van der Waals surface area contributed by atoms with Gasteiger partial charge in [-0.1, -0.05) is 29.8 Å². The van der Waals surface area contributed by atoms with Gasteiger partial charge in [-0.3, -0.25) is 0 Å². The Morgan fingerprint density at radius 2 is 1.65 bits per heavy atom. The highest BCUT2D eigenvalue weighted by atomic mass is 32.2. The summed E-state index contributed by atoms with van der Waals surface area (Å²) in [5, 5.41) is 8.86. The highest BCUT2D eigenvalue weighted by molar-refractivity contribution is 7.91. The molecule has 2 aromatic rings. The maximum absolute atomic E-state index is 12.2. The zero-order valence-electron chi connectivity index (χ0n) is 13.2. The van der Waals surface area contributed by atoms with Gasteiger partial charge in [0.25, 0.3) is 0 Å². The second kappa shape index (κ2) is 8.13. The van der Waals surface area contributed by atoms with Crippen LogP contribution in [0.4, 0.5) is 0 Å². The van der Waals surface area contributed by atoms with Crippen LogP contribution in [-0.2, 0) is 16.3 Å². The van der Waals surface area contributed by atoms with Crippen LogP contribution in [0.15, 0.2) is 53.4 Å². The Morgan fingerprint density at radius 1 is 1.00 bits per heavy atom. The van der Waals surface area contributed by atoms with Gasteiger partial charge >= 0.3 is 0 Å². The van der Waals surface area contributed by atoms with Crippen molar-refractivity contribution in [3.63, 3.8) is 0 Å². The van der Waals surface area contributed by atoms with E-state index >= 15 is 0 Å². The molecule has 4 nitrogen and oxygen atoms in total. The van der Waals surface area contributed by atoms with Crippen LogP contribution in [0.5, 0.6) is 5.75 Å². The number of hydrogen-bond acceptors (Lipinski definition) is 4. The van der Waals surface area contributed by atoms with Crippen LogP contribution in [0, 0.1) is 6.92 Å². The zero-order chi connectivity index (χ0) is 16.7. The highest BCUT2D eigenvalue weighted by Crippen LogP contribution is 2.15. The van der Waals surface area contributed by atoms with Crippen molar-refractivity contribution in [2.45, 2.75) is 24.7 Å². The predicted octanol–water partition coefficient (Wildman–Crippen LogP) is 2.77. The quantitative estimate of drug-likeness (QED) is 0.754. The number of sulfone groups is 1. The molecule has 23 heavy (non-hydrogen) atoms. The summed E-state index contributed by atoms with van der Waals surface area (Å²) in [6.07, 6.45) is 1.06. The van der Waals surface area contributed by atoms with Crippen molar-refractivity contribution in [3.05, 3.63) is 59.7 Å². The summed E-state index contributed by atoms with van der Waals surface area (Å²) in [5.74, 6) is 0.776. The van der Waals surface area contributed by atoms with Gasteiger partial charge in [-0.15, -0.1) is 0 Å². The lowest BCUT2D eigenvalue weighted by molar-refractivity contribution is 0.299. The standard InChI is InChI=1S/C18H22O4S/c1-15-3-9-18(10-4-15)23(20,21)14-2-13-22-17-7-5-16(6-8-17)11-12-19/h3-10,19H,2,11-14H2,1H3. The van der Waals surface area contributed by atoms with Crippen molar-refractivity contribution in [2.24, 2.45) is 0 Å². The molecule has 0 saturated carbocycles. The van der Waals surface area contributed by atoms with E-state index in [9.17, 15) is 8.42 Å². The van der Waals surface area contributed by atoms with E-state index < -0.39 is 9.84 Å². The Hall–Kier alpha value is -1.85. The molecule has 1 N–H and O–H groups in total. The van der Waals surface area contributed by atoms with Crippen LogP contribution >= 0.6 is 0 Å². The molecule has 0 unspecified atom stereocenters. The monoisotopic (exact) mass is 334 g/mol. The maximum Gasteiger partial charge on any atom is 0.178 e. The highest BCUT2D eigenvalue weighted by Gasteiger charge is 2.13. The fourth-order valence-electron chi connectivity index (χ4n) is 2.18. The molecule has 0 aromatic heterocycles. The SMILES string of the molecule is Cc1ccc(S(=O)(=O)CCCOc2ccc(CCO)cc2)cc1. The minimum atomic E-state index is -3.25. The van der Waals surface area contributed by atoms with Crippen molar-refractivity contribution in [1.29, 1.82) is 0 Å². The van der Waals surface area contributed by atoms with Crippen molar-refractivity contribution in [3.8, 4) is 5.75 Å². The number of aliphatic hydroxyl groups excluding tert-OH is 1. The number of benzene rings is 2. The van der Waals surface area contributed by atoms with Crippen LogP contribution in [-0.4, -0.2) is 32.5 Å². The van der Waals surface area contributed by atoms with E-state index in [1.165, 1.54) is 0 Å². The summed E-state index contributed by atoms with van der Waals surface area (Å²) < 4.78 is 29.9. The maximum atomic E-state index is 12.2. The molecule has 0 aliphatic rings. The Bertz CT molecular complexity index is 704. The summed E-state index contributed by atoms with van der Waals surface area (Å²) >= 11 is 0. The third-order valence-electron chi connectivity index (χ3n) is 3.53. The van der Waals surface area contributed by atoms with E-state index in [1.54, 1.807) is 24.3 Å². The first kappa shape index (κ1) is 17.5. The van der Waals surface area contributed by atoms with Gasteiger partial charge in [-0.05, 0) is 49.6 Å². The molecule has 0 spiro atoms. The van der Waals surface area contributed by atoms with Gasteiger partial charge in [-0.2, -0.15) is 0 Å². The lowest BCUT2D eigenvalue weighted by atomic mass is 10.1. The molecule has 124 valence electrons. The summed E-state index contributed by atoms with van der Waals surface area (Å²) in [6.45, 7) is 2.40. The van der Waals surface area contributed by atoms with Gasteiger partial charge in [0.1, 0.15) is 5.75 Å². The van der Waals surface area contributed by atoms with Crippen LogP contribution in [0.3, 0.4) is 0 Å². The van der Waals surface area contributed by atoms with E-state index in [1.807, 2.05) is 31.2 Å². The van der Waals surface area contributed by atoms with Crippen LogP contribution in [0.25, 0.3) is 0 Å². The van der Waals surface area contributed by atoms with Gasteiger partial charge in [0.2, 0.25) is 0 Å². The average Bonchev–Trinajstić information content (AvgIpc) is 2.54. The molecule has 0 radical (unpaired) electrons. The minimum Gasteiger partial charge on any atom is -0.494 e. The normalized spacial score (nSPS) is 11.4. The molecule has 0 atom stereocenters. The van der Waals surface area contributed by atoms with E-state index in [0.717, 1.165) is 11.1 Å². The molecule has 5 heteroatoms. The molecule has 0 bridgehead atoms. The van der Waals surface area contributed by atoms with Crippen LogP contribution in [0.1, 0.15) is 17.5 Å². The van der Waals surface area contributed by atoms with Crippen molar-refractivity contribution in [2.75, 3.05) is 19.0 Å². The fourth-order valence-corrected chi connectivity index (χ4v) is 3.47. The van der Waals surface area contributed by atoms with Crippen LogP contribution < -0.4 is 4.74 Å². The smallest absolute Gasteiger partial charge is 0.178 e. The molecule has 0 fully saturated rings. The number of rotatable bonds is 8. The molecule has 0 aliphatic carbocycles. The molecular weight excluding hydrogens is 312 g/mol. The molecule has 0 heterocycles. The first-order valence-electron chi connectivity index (χ1n) is 7.63. The summed E-state index contributed by atoms with van der Waals surface area (Å²) in [4.78, 5) is 0.358. The molecule has 0 saturated heterocycles. The molecule has 0 aliphatic heterocycles. The lowest BCUT2D eigenvalue weighted by Crippen LogP contribution is -2.10. The van der Waals surface area contributed by atoms with Gasteiger partial charge in [0.05, 0.1) is 17.3 Å². The fraction of sp³-hybridized carbons (Fsp3) is 0.333. The largest absolute Gasteiger partial charge is 0.494 e. The minimum absolute atomic E-state index is 0.0681. The van der Waals surface area contributed by atoms with Gasteiger partial charge in [0.15, 0.2) is 9.84 Å². The topological polar surface area (TPSA) is 63.6 Å². The third kappa shape index (κ3) is 5.37. The number of hydrogen-bond donors (Lipinski definition) is 1. The van der Waals surface area contributed by atoms with E-state index in [-0.39, 0.29) is 12.4 Å². The van der Waals surface area contributed by atoms with Gasteiger partial charge in [0, 0.05) is 6.61 Å². The van der Waals surface area contributed by atoms with E-state index in [0.29, 0.717) is 30.1 Å². The van der Waals surface area contributed by atoms with Gasteiger partial charge < -0.3 is 9.84 Å². The molecule has 2 rings (SSSR count). The van der Waals surface area contributed by atoms with E-state index in [2.05, 4.69) is 0 Å². The summed E-state index contributed by atoms with van der Waals surface area (Å²) in [7, 11) is -3.25. The number of ether oxygens (including phenoxy) is 1. The van der Waals surface area contributed by atoms with E-state index in [4.69, 9.17) is 9.84 Å². The Kier molecular flexibility index (Phi) is 6.19. The number of aryl methyl sites for hydroxylation is 1.